The minimum atomic E-state index is 0.404. The SMILES string of the molecule is Cc1nc([C@H]2C[C@@H]2c2nc3ccccc3s2)cc(-n2nc(C)nc2C)n1. The number of thiazole rings is 1. The van der Waals surface area contributed by atoms with E-state index >= 15 is 0 Å². The number of hydrogen-bond acceptors (Lipinski definition) is 6. The second-order valence-electron chi connectivity index (χ2n) is 6.78. The molecule has 0 saturated heterocycles. The summed E-state index contributed by atoms with van der Waals surface area (Å²) in [5.74, 6) is 4.00. The standard InChI is InChI=1S/C19H18N6S/c1-10-21-16(9-18(22-10)25-12(3)20-11(2)24-25)13-8-14(13)19-23-15-6-4-5-7-17(15)26-19/h4-7,9,13-14H,8H2,1-3H3/t13-,14-/m0/s1. The Balaban J connectivity index is 1.48. The van der Waals surface area contributed by atoms with E-state index in [1.807, 2.05) is 32.9 Å². The summed E-state index contributed by atoms with van der Waals surface area (Å²) in [5, 5.41) is 5.66. The number of para-hydroxylation sites is 1. The highest BCUT2D eigenvalue weighted by Gasteiger charge is 2.43. The van der Waals surface area contributed by atoms with E-state index in [-0.39, 0.29) is 0 Å². The molecule has 130 valence electrons. The molecule has 0 radical (unpaired) electrons. The molecule has 6 nitrogen and oxygen atoms in total. The van der Waals surface area contributed by atoms with E-state index in [1.54, 1.807) is 16.0 Å². The molecular weight excluding hydrogens is 344 g/mol. The van der Waals surface area contributed by atoms with Crippen molar-refractivity contribution in [2.75, 3.05) is 0 Å². The van der Waals surface area contributed by atoms with Gasteiger partial charge in [-0.05, 0) is 39.3 Å². The van der Waals surface area contributed by atoms with Gasteiger partial charge < -0.3 is 0 Å². The van der Waals surface area contributed by atoms with Crippen LogP contribution in [0.15, 0.2) is 30.3 Å². The second kappa shape index (κ2) is 5.67. The Hall–Kier alpha value is -2.67. The first-order chi connectivity index (χ1) is 12.6. The highest BCUT2D eigenvalue weighted by atomic mass is 32.1. The van der Waals surface area contributed by atoms with E-state index in [9.17, 15) is 0 Å². The van der Waals surface area contributed by atoms with Crippen molar-refractivity contribution in [2.24, 2.45) is 0 Å². The fourth-order valence-corrected chi connectivity index (χ4v) is 4.60. The fraction of sp³-hybridized carbons (Fsp3) is 0.316. The van der Waals surface area contributed by atoms with Crippen molar-refractivity contribution >= 4 is 21.6 Å². The molecule has 3 aromatic heterocycles. The van der Waals surface area contributed by atoms with Crippen molar-refractivity contribution in [3.63, 3.8) is 0 Å². The Morgan fingerprint density at radius 2 is 1.81 bits per heavy atom. The fourth-order valence-electron chi connectivity index (χ4n) is 3.45. The van der Waals surface area contributed by atoms with Crippen LogP contribution < -0.4 is 0 Å². The number of benzene rings is 1. The zero-order valence-electron chi connectivity index (χ0n) is 14.8. The highest BCUT2D eigenvalue weighted by Crippen LogP contribution is 2.55. The number of nitrogens with zero attached hydrogens (tertiary/aromatic N) is 6. The van der Waals surface area contributed by atoms with Crippen LogP contribution in [-0.2, 0) is 0 Å². The number of aromatic nitrogens is 6. The Bertz CT molecular complexity index is 1100. The molecule has 4 aromatic rings. The molecule has 5 rings (SSSR count). The normalized spacial score (nSPS) is 19.2. The molecular formula is C19H18N6S. The maximum atomic E-state index is 4.82. The first-order valence-corrected chi connectivity index (χ1v) is 9.52. The molecule has 0 spiro atoms. The summed E-state index contributed by atoms with van der Waals surface area (Å²) in [6.07, 6.45) is 1.09. The maximum Gasteiger partial charge on any atom is 0.159 e. The van der Waals surface area contributed by atoms with Gasteiger partial charge in [-0.25, -0.2) is 19.9 Å². The third kappa shape index (κ3) is 2.59. The van der Waals surface area contributed by atoms with Crippen LogP contribution in [0.1, 0.15) is 46.4 Å². The number of fused-ring (bicyclic) bond motifs is 1. The van der Waals surface area contributed by atoms with E-state index in [0.717, 1.165) is 40.9 Å². The van der Waals surface area contributed by atoms with Gasteiger partial charge in [-0.15, -0.1) is 16.4 Å². The lowest BCUT2D eigenvalue weighted by atomic mass is 10.2. The topological polar surface area (TPSA) is 69.4 Å². The minimum Gasteiger partial charge on any atom is -0.241 e. The van der Waals surface area contributed by atoms with Crippen LogP contribution in [-0.4, -0.2) is 29.7 Å². The molecule has 26 heavy (non-hydrogen) atoms. The van der Waals surface area contributed by atoms with Crippen LogP contribution in [0.2, 0.25) is 0 Å². The predicted octanol–water partition coefficient (Wildman–Crippen LogP) is 3.86. The van der Waals surface area contributed by atoms with Gasteiger partial charge in [-0.1, -0.05) is 12.1 Å². The van der Waals surface area contributed by atoms with Crippen LogP contribution in [0.4, 0.5) is 0 Å². The number of rotatable bonds is 3. The Labute approximate surface area is 155 Å². The van der Waals surface area contributed by atoms with Gasteiger partial charge in [0.2, 0.25) is 0 Å². The molecule has 1 saturated carbocycles. The van der Waals surface area contributed by atoms with Crippen molar-refractivity contribution in [3.05, 3.63) is 58.5 Å². The monoisotopic (exact) mass is 362 g/mol. The molecule has 2 atom stereocenters. The maximum absolute atomic E-state index is 4.82. The average Bonchev–Trinajstić information content (AvgIpc) is 3.18. The van der Waals surface area contributed by atoms with Crippen molar-refractivity contribution < 1.29 is 0 Å². The van der Waals surface area contributed by atoms with Crippen LogP contribution in [0.5, 0.6) is 0 Å². The van der Waals surface area contributed by atoms with E-state index in [2.05, 4.69) is 33.3 Å². The molecule has 3 heterocycles. The summed E-state index contributed by atoms with van der Waals surface area (Å²) in [5.41, 5.74) is 2.16. The van der Waals surface area contributed by atoms with Gasteiger partial charge in [0.25, 0.3) is 0 Å². The van der Waals surface area contributed by atoms with Gasteiger partial charge in [-0.3, -0.25) is 0 Å². The molecule has 1 aliphatic carbocycles. The van der Waals surface area contributed by atoms with Gasteiger partial charge in [0.05, 0.1) is 20.9 Å². The van der Waals surface area contributed by atoms with E-state index in [4.69, 9.17) is 9.97 Å². The number of hydrogen-bond donors (Lipinski definition) is 0. The summed E-state index contributed by atoms with van der Waals surface area (Å²) >= 11 is 1.79. The van der Waals surface area contributed by atoms with E-state index in [0.29, 0.717) is 11.8 Å². The molecule has 1 aliphatic rings. The number of aryl methyl sites for hydroxylation is 3. The van der Waals surface area contributed by atoms with Gasteiger partial charge in [0, 0.05) is 17.9 Å². The lowest BCUT2D eigenvalue weighted by Crippen LogP contribution is -2.06. The van der Waals surface area contributed by atoms with Gasteiger partial charge in [0.1, 0.15) is 17.5 Å². The molecule has 0 unspecified atom stereocenters. The van der Waals surface area contributed by atoms with E-state index in [1.165, 1.54) is 9.71 Å². The Kier molecular flexibility index (Phi) is 3.40. The summed E-state index contributed by atoms with van der Waals surface area (Å²) in [4.78, 5) is 18.4. The van der Waals surface area contributed by atoms with Crippen LogP contribution in [0.25, 0.3) is 16.0 Å². The molecule has 0 bridgehead atoms. The minimum absolute atomic E-state index is 0.404. The quantitative estimate of drug-likeness (QED) is 0.553. The Morgan fingerprint density at radius 1 is 0.962 bits per heavy atom. The third-order valence-corrected chi connectivity index (χ3v) is 5.90. The molecule has 7 heteroatoms. The predicted molar refractivity (Wildman–Crippen MR) is 101 cm³/mol. The third-order valence-electron chi connectivity index (χ3n) is 4.73. The van der Waals surface area contributed by atoms with E-state index < -0.39 is 0 Å². The van der Waals surface area contributed by atoms with Crippen molar-refractivity contribution in [1.29, 1.82) is 0 Å². The largest absolute Gasteiger partial charge is 0.241 e. The zero-order valence-corrected chi connectivity index (χ0v) is 15.7. The highest BCUT2D eigenvalue weighted by molar-refractivity contribution is 7.18. The summed E-state index contributed by atoms with van der Waals surface area (Å²) in [6, 6.07) is 10.4. The smallest absolute Gasteiger partial charge is 0.159 e. The zero-order chi connectivity index (χ0) is 17.8. The summed E-state index contributed by atoms with van der Waals surface area (Å²) < 4.78 is 3.05. The van der Waals surface area contributed by atoms with Gasteiger partial charge in [-0.2, -0.15) is 4.68 Å². The Morgan fingerprint density at radius 3 is 2.58 bits per heavy atom. The first kappa shape index (κ1) is 15.6. The molecule has 0 aliphatic heterocycles. The van der Waals surface area contributed by atoms with Crippen LogP contribution in [0.3, 0.4) is 0 Å². The van der Waals surface area contributed by atoms with Crippen molar-refractivity contribution in [3.8, 4) is 5.82 Å². The molecule has 0 amide bonds. The average molecular weight is 362 g/mol. The summed E-state index contributed by atoms with van der Waals surface area (Å²) in [7, 11) is 0. The second-order valence-corrected chi connectivity index (χ2v) is 7.85. The lowest BCUT2D eigenvalue weighted by Gasteiger charge is -2.06. The molecule has 0 N–H and O–H groups in total. The van der Waals surface area contributed by atoms with Gasteiger partial charge in [0.15, 0.2) is 5.82 Å². The van der Waals surface area contributed by atoms with Crippen LogP contribution >= 0.6 is 11.3 Å². The molecule has 1 fully saturated rings. The van der Waals surface area contributed by atoms with Crippen molar-refractivity contribution in [2.45, 2.75) is 39.0 Å². The van der Waals surface area contributed by atoms with Gasteiger partial charge >= 0.3 is 0 Å². The molecule has 1 aromatic carbocycles. The summed E-state index contributed by atoms with van der Waals surface area (Å²) in [6.45, 7) is 5.77. The first-order valence-electron chi connectivity index (χ1n) is 8.70. The van der Waals surface area contributed by atoms with Crippen LogP contribution in [0, 0.1) is 20.8 Å². The van der Waals surface area contributed by atoms with Crippen molar-refractivity contribution in [1.82, 2.24) is 29.7 Å². The lowest BCUT2D eigenvalue weighted by molar-refractivity contribution is 0.778.